The highest BCUT2D eigenvalue weighted by Gasteiger charge is 2.14. The maximum atomic E-state index is 5.95. The molecule has 122 valence electrons. The second kappa shape index (κ2) is 15.3. The van der Waals surface area contributed by atoms with Gasteiger partial charge in [0.25, 0.3) is 0 Å². The second-order valence-electron chi connectivity index (χ2n) is 5.63. The van der Waals surface area contributed by atoms with Crippen LogP contribution < -0.4 is 5.73 Å². The summed E-state index contributed by atoms with van der Waals surface area (Å²) in [4.78, 5) is 2.48. The van der Waals surface area contributed by atoms with Crippen molar-refractivity contribution in [3.63, 3.8) is 0 Å². The van der Waals surface area contributed by atoms with Gasteiger partial charge < -0.3 is 10.5 Å². The molecule has 20 heavy (non-hydrogen) atoms. The number of hydrogen-bond acceptors (Lipinski definition) is 3. The number of rotatable bonds is 15. The first-order valence-electron chi connectivity index (χ1n) is 8.81. The van der Waals surface area contributed by atoms with Gasteiger partial charge in [0, 0.05) is 25.7 Å². The molecule has 0 fully saturated rings. The molecule has 0 saturated carbocycles. The quantitative estimate of drug-likeness (QED) is 0.465. The van der Waals surface area contributed by atoms with Crippen LogP contribution in [0.25, 0.3) is 0 Å². The van der Waals surface area contributed by atoms with Gasteiger partial charge in [0.2, 0.25) is 0 Å². The van der Waals surface area contributed by atoms with Crippen LogP contribution in [0.3, 0.4) is 0 Å². The molecular weight excluding hydrogens is 248 g/mol. The van der Waals surface area contributed by atoms with Gasteiger partial charge in [-0.05, 0) is 19.9 Å². The van der Waals surface area contributed by atoms with Crippen molar-refractivity contribution in [1.82, 2.24) is 4.90 Å². The van der Waals surface area contributed by atoms with E-state index in [-0.39, 0.29) is 0 Å². The molecule has 0 aromatic carbocycles. The summed E-state index contributed by atoms with van der Waals surface area (Å²) < 4.78 is 5.46. The predicted octanol–water partition coefficient (Wildman–Crippen LogP) is 3.81. The molecule has 0 aliphatic rings. The minimum Gasteiger partial charge on any atom is -0.380 e. The lowest BCUT2D eigenvalue weighted by atomic mass is 10.0. The smallest absolute Gasteiger partial charge is 0.0593 e. The third-order valence-electron chi connectivity index (χ3n) is 4.06. The van der Waals surface area contributed by atoms with Crippen LogP contribution in [0.4, 0.5) is 0 Å². The number of ether oxygens (including phenoxy) is 1. The van der Waals surface area contributed by atoms with Crippen LogP contribution in [0.2, 0.25) is 0 Å². The molecule has 0 spiro atoms. The third-order valence-corrected chi connectivity index (χ3v) is 4.06. The zero-order valence-electron chi connectivity index (χ0n) is 14.2. The lowest BCUT2D eigenvalue weighted by Crippen LogP contribution is -2.42. The standard InChI is InChI=1S/C17H38N2O/c1-4-7-8-9-10-11-12-13-17(16-18)19(5-2)14-15-20-6-3/h17H,4-16,18H2,1-3H3. The number of hydrogen-bond donors (Lipinski definition) is 1. The first-order valence-corrected chi connectivity index (χ1v) is 8.81. The molecule has 3 nitrogen and oxygen atoms in total. The van der Waals surface area contributed by atoms with Gasteiger partial charge in [0.1, 0.15) is 0 Å². The van der Waals surface area contributed by atoms with Gasteiger partial charge in [-0.15, -0.1) is 0 Å². The molecule has 0 aliphatic heterocycles. The van der Waals surface area contributed by atoms with Crippen molar-refractivity contribution in [2.45, 2.75) is 78.2 Å². The van der Waals surface area contributed by atoms with Crippen molar-refractivity contribution in [1.29, 1.82) is 0 Å². The largest absolute Gasteiger partial charge is 0.380 e. The maximum Gasteiger partial charge on any atom is 0.0593 e. The number of likely N-dealkylation sites (N-methyl/N-ethyl adjacent to an activating group) is 1. The first kappa shape index (κ1) is 19.9. The van der Waals surface area contributed by atoms with Crippen LogP contribution >= 0.6 is 0 Å². The molecule has 0 amide bonds. The van der Waals surface area contributed by atoms with Crippen LogP contribution in [0.15, 0.2) is 0 Å². The van der Waals surface area contributed by atoms with Crippen LogP contribution in [-0.4, -0.2) is 43.8 Å². The van der Waals surface area contributed by atoms with Crippen molar-refractivity contribution in [2.24, 2.45) is 5.73 Å². The molecule has 1 unspecified atom stereocenters. The minimum absolute atomic E-state index is 0.538. The molecule has 0 aliphatic carbocycles. The van der Waals surface area contributed by atoms with E-state index in [1.54, 1.807) is 0 Å². The highest BCUT2D eigenvalue weighted by molar-refractivity contribution is 4.71. The lowest BCUT2D eigenvalue weighted by Gasteiger charge is -2.29. The van der Waals surface area contributed by atoms with Crippen molar-refractivity contribution in [3.05, 3.63) is 0 Å². The van der Waals surface area contributed by atoms with Gasteiger partial charge in [-0.1, -0.05) is 58.8 Å². The minimum atomic E-state index is 0.538. The zero-order valence-corrected chi connectivity index (χ0v) is 14.2. The Hall–Kier alpha value is -0.120. The van der Waals surface area contributed by atoms with Gasteiger partial charge >= 0.3 is 0 Å². The van der Waals surface area contributed by atoms with Gasteiger partial charge in [0.05, 0.1) is 6.61 Å². The molecule has 0 aromatic heterocycles. The topological polar surface area (TPSA) is 38.5 Å². The number of unbranched alkanes of at least 4 members (excludes halogenated alkanes) is 6. The van der Waals surface area contributed by atoms with Gasteiger partial charge in [0.15, 0.2) is 0 Å². The zero-order chi connectivity index (χ0) is 15.1. The number of nitrogens with two attached hydrogens (primary N) is 1. The van der Waals surface area contributed by atoms with Gasteiger partial charge in [-0.2, -0.15) is 0 Å². The van der Waals surface area contributed by atoms with E-state index < -0.39 is 0 Å². The Balaban J connectivity index is 3.70. The Morgan fingerprint density at radius 2 is 1.60 bits per heavy atom. The molecule has 0 heterocycles. The summed E-state index contributed by atoms with van der Waals surface area (Å²) in [5.74, 6) is 0. The van der Waals surface area contributed by atoms with Crippen molar-refractivity contribution >= 4 is 0 Å². The Bertz CT molecular complexity index is 188. The monoisotopic (exact) mass is 286 g/mol. The summed E-state index contributed by atoms with van der Waals surface area (Å²) in [5, 5.41) is 0. The van der Waals surface area contributed by atoms with Crippen LogP contribution in [0.5, 0.6) is 0 Å². The highest BCUT2D eigenvalue weighted by atomic mass is 16.5. The van der Waals surface area contributed by atoms with Crippen molar-refractivity contribution in [3.8, 4) is 0 Å². The Labute approximate surface area is 127 Å². The average molecular weight is 287 g/mol. The van der Waals surface area contributed by atoms with Gasteiger partial charge in [-0.25, -0.2) is 0 Å². The normalized spacial score (nSPS) is 13.1. The molecule has 0 radical (unpaired) electrons. The molecular formula is C17H38N2O. The molecule has 0 rings (SSSR count). The summed E-state index contributed by atoms with van der Waals surface area (Å²) in [6.45, 7) is 11.0. The fourth-order valence-electron chi connectivity index (χ4n) is 2.71. The van der Waals surface area contributed by atoms with Crippen LogP contribution in [0.1, 0.15) is 72.1 Å². The summed E-state index contributed by atoms with van der Waals surface area (Å²) in [7, 11) is 0. The molecule has 2 N–H and O–H groups in total. The Kier molecular flexibility index (Phi) is 15.2. The Morgan fingerprint density at radius 1 is 0.950 bits per heavy atom. The van der Waals surface area contributed by atoms with E-state index in [1.165, 1.54) is 51.4 Å². The van der Waals surface area contributed by atoms with E-state index in [4.69, 9.17) is 10.5 Å². The molecule has 1 atom stereocenters. The third kappa shape index (κ3) is 10.6. The molecule has 0 aromatic rings. The maximum absolute atomic E-state index is 5.95. The summed E-state index contributed by atoms with van der Waals surface area (Å²) in [6.07, 6.45) is 10.9. The van der Waals surface area contributed by atoms with Crippen LogP contribution in [0, 0.1) is 0 Å². The van der Waals surface area contributed by atoms with E-state index in [0.717, 1.165) is 32.8 Å². The Morgan fingerprint density at radius 3 is 2.15 bits per heavy atom. The van der Waals surface area contributed by atoms with E-state index in [0.29, 0.717) is 6.04 Å². The summed E-state index contributed by atoms with van der Waals surface area (Å²) in [6, 6.07) is 0.538. The first-order chi connectivity index (χ1) is 9.79. The van der Waals surface area contributed by atoms with E-state index >= 15 is 0 Å². The fraction of sp³-hybridized carbons (Fsp3) is 1.00. The predicted molar refractivity (Wildman–Crippen MR) is 89.2 cm³/mol. The summed E-state index contributed by atoms with van der Waals surface area (Å²) >= 11 is 0. The lowest BCUT2D eigenvalue weighted by molar-refractivity contribution is 0.0952. The second-order valence-corrected chi connectivity index (χ2v) is 5.63. The van der Waals surface area contributed by atoms with Crippen molar-refractivity contribution < 1.29 is 4.74 Å². The molecule has 0 bridgehead atoms. The highest BCUT2D eigenvalue weighted by Crippen LogP contribution is 2.12. The van der Waals surface area contributed by atoms with E-state index in [9.17, 15) is 0 Å². The van der Waals surface area contributed by atoms with Crippen LogP contribution in [-0.2, 0) is 4.74 Å². The number of nitrogens with zero attached hydrogens (tertiary/aromatic N) is 1. The van der Waals surface area contributed by atoms with Gasteiger partial charge in [-0.3, -0.25) is 4.90 Å². The van der Waals surface area contributed by atoms with E-state index in [1.807, 2.05) is 0 Å². The fourth-order valence-corrected chi connectivity index (χ4v) is 2.71. The SMILES string of the molecule is CCCCCCCCCC(CN)N(CC)CCOCC. The van der Waals surface area contributed by atoms with Crippen molar-refractivity contribution in [2.75, 3.05) is 32.8 Å². The molecule has 0 saturated heterocycles. The molecule has 3 heteroatoms. The summed E-state index contributed by atoms with van der Waals surface area (Å²) in [5.41, 5.74) is 5.95. The van der Waals surface area contributed by atoms with E-state index in [2.05, 4.69) is 25.7 Å². The average Bonchev–Trinajstić information content (AvgIpc) is 2.47.